The summed E-state index contributed by atoms with van der Waals surface area (Å²) in [5, 5.41) is 2.95. The minimum atomic E-state index is -3.73. The Morgan fingerprint density at radius 2 is 1.67 bits per heavy atom. The second-order valence-electron chi connectivity index (χ2n) is 8.05. The van der Waals surface area contributed by atoms with Gasteiger partial charge in [-0.1, -0.05) is 19.3 Å². The Kier molecular flexibility index (Phi) is 7.46. The lowest BCUT2D eigenvalue weighted by Gasteiger charge is -2.30. The average Bonchev–Trinajstić information content (AvgIpc) is 2.74. The van der Waals surface area contributed by atoms with Gasteiger partial charge in [0, 0.05) is 19.1 Å². The summed E-state index contributed by atoms with van der Waals surface area (Å²) >= 11 is 0. The average molecular weight is 441 g/mol. The zero-order valence-corrected chi connectivity index (χ0v) is 18.0. The first-order valence-electron chi connectivity index (χ1n) is 10.5. The van der Waals surface area contributed by atoms with Crippen LogP contribution in [0.1, 0.15) is 51.9 Å². The number of carbonyl (C=O) groups is 2. The molecule has 1 atom stereocenters. The molecule has 3 rings (SSSR count). The van der Waals surface area contributed by atoms with Gasteiger partial charge in [-0.2, -0.15) is 4.31 Å². The van der Waals surface area contributed by atoms with Crippen LogP contribution in [0.25, 0.3) is 0 Å². The number of hydrogen-bond donors (Lipinski definition) is 1. The Morgan fingerprint density at radius 3 is 2.27 bits per heavy atom. The molecule has 1 aliphatic heterocycles. The first-order valence-corrected chi connectivity index (χ1v) is 12.0. The molecule has 0 spiro atoms. The predicted molar refractivity (Wildman–Crippen MR) is 108 cm³/mol. The van der Waals surface area contributed by atoms with Crippen molar-refractivity contribution in [3.63, 3.8) is 0 Å². The molecule has 2 fully saturated rings. The van der Waals surface area contributed by atoms with Gasteiger partial charge in [0.1, 0.15) is 5.82 Å². The van der Waals surface area contributed by atoms with E-state index in [2.05, 4.69) is 5.32 Å². The van der Waals surface area contributed by atoms with E-state index >= 15 is 0 Å². The fourth-order valence-electron chi connectivity index (χ4n) is 3.98. The van der Waals surface area contributed by atoms with Gasteiger partial charge in [-0.15, -0.1) is 0 Å². The van der Waals surface area contributed by atoms with E-state index in [4.69, 9.17) is 4.74 Å². The molecule has 30 heavy (non-hydrogen) atoms. The molecule has 1 N–H and O–H groups in total. The number of nitrogens with one attached hydrogen (secondary N) is 1. The summed E-state index contributed by atoms with van der Waals surface area (Å²) in [4.78, 5) is 24.8. The van der Waals surface area contributed by atoms with Crippen molar-refractivity contribution < 1.29 is 27.1 Å². The molecule has 1 aromatic carbocycles. The molecule has 1 heterocycles. The molecular formula is C21H29FN2O5S. The number of ether oxygens (including phenoxy) is 1. The van der Waals surface area contributed by atoms with E-state index in [1.54, 1.807) is 6.92 Å². The van der Waals surface area contributed by atoms with Crippen molar-refractivity contribution in [2.75, 3.05) is 13.1 Å². The Morgan fingerprint density at radius 1 is 1.07 bits per heavy atom. The topological polar surface area (TPSA) is 92.8 Å². The third-order valence-electron chi connectivity index (χ3n) is 5.85. The van der Waals surface area contributed by atoms with Crippen molar-refractivity contribution in [1.29, 1.82) is 0 Å². The van der Waals surface area contributed by atoms with Crippen LogP contribution in [0.3, 0.4) is 0 Å². The number of esters is 1. The minimum Gasteiger partial charge on any atom is -0.452 e. The quantitative estimate of drug-likeness (QED) is 0.687. The summed E-state index contributed by atoms with van der Waals surface area (Å²) in [5.41, 5.74) is 0. The second kappa shape index (κ2) is 9.87. The van der Waals surface area contributed by atoms with Crippen LogP contribution in [0.2, 0.25) is 0 Å². The number of halogens is 1. The summed E-state index contributed by atoms with van der Waals surface area (Å²) < 4.78 is 45.0. The number of hydrogen-bond acceptors (Lipinski definition) is 5. The molecular weight excluding hydrogens is 411 g/mol. The SMILES string of the molecule is CC(OC(=O)C1CCN(S(=O)(=O)c2ccc(F)cc2)CC1)C(=O)NC1CCCCC1. The van der Waals surface area contributed by atoms with Crippen LogP contribution in [0.15, 0.2) is 29.2 Å². The van der Waals surface area contributed by atoms with Gasteiger partial charge in [0.05, 0.1) is 10.8 Å². The van der Waals surface area contributed by atoms with Crippen LogP contribution < -0.4 is 5.32 Å². The predicted octanol–water partition coefficient (Wildman–Crippen LogP) is 2.61. The van der Waals surface area contributed by atoms with E-state index in [0.29, 0.717) is 12.8 Å². The van der Waals surface area contributed by atoms with Crippen molar-refractivity contribution in [1.82, 2.24) is 9.62 Å². The van der Waals surface area contributed by atoms with E-state index in [-0.39, 0.29) is 29.9 Å². The van der Waals surface area contributed by atoms with E-state index in [1.165, 1.54) is 22.9 Å². The molecule has 1 aromatic rings. The first kappa shape index (κ1) is 22.7. The molecule has 9 heteroatoms. The van der Waals surface area contributed by atoms with Crippen molar-refractivity contribution in [2.45, 2.75) is 68.9 Å². The smallest absolute Gasteiger partial charge is 0.309 e. The van der Waals surface area contributed by atoms with Crippen LogP contribution in [-0.4, -0.2) is 49.8 Å². The summed E-state index contributed by atoms with van der Waals surface area (Å²) in [6, 6.07) is 4.83. The molecule has 0 aromatic heterocycles. The molecule has 1 saturated carbocycles. The van der Waals surface area contributed by atoms with Gasteiger partial charge in [0.15, 0.2) is 6.10 Å². The van der Waals surface area contributed by atoms with Crippen molar-refractivity contribution in [2.24, 2.45) is 5.92 Å². The van der Waals surface area contributed by atoms with Gasteiger partial charge < -0.3 is 10.1 Å². The molecule has 166 valence electrons. The van der Waals surface area contributed by atoms with Crippen molar-refractivity contribution in [3.8, 4) is 0 Å². The highest BCUT2D eigenvalue weighted by Gasteiger charge is 2.34. The van der Waals surface area contributed by atoms with Crippen LogP contribution in [0.5, 0.6) is 0 Å². The summed E-state index contributed by atoms with van der Waals surface area (Å²) in [6.07, 6.45) is 5.04. The largest absolute Gasteiger partial charge is 0.452 e. The zero-order valence-electron chi connectivity index (χ0n) is 17.2. The van der Waals surface area contributed by atoms with E-state index in [9.17, 15) is 22.4 Å². The summed E-state index contributed by atoms with van der Waals surface area (Å²) in [6.45, 7) is 1.90. The standard InChI is InChI=1S/C21H29FN2O5S/c1-15(20(25)23-18-5-3-2-4-6-18)29-21(26)16-11-13-24(14-12-16)30(27,28)19-9-7-17(22)8-10-19/h7-10,15-16,18H,2-6,11-14H2,1H3,(H,23,25). The number of rotatable bonds is 6. The van der Waals surface area contributed by atoms with Gasteiger partial charge in [-0.3, -0.25) is 9.59 Å². The van der Waals surface area contributed by atoms with E-state index in [1.807, 2.05) is 0 Å². The number of amides is 1. The maximum absolute atomic E-state index is 13.1. The van der Waals surface area contributed by atoms with Gasteiger partial charge in [0.25, 0.3) is 5.91 Å². The van der Waals surface area contributed by atoms with Crippen molar-refractivity contribution >= 4 is 21.9 Å². The molecule has 0 radical (unpaired) electrons. The summed E-state index contributed by atoms with van der Waals surface area (Å²) in [7, 11) is -3.73. The number of piperidine rings is 1. The highest BCUT2D eigenvalue weighted by molar-refractivity contribution is 7.89. The normalized spacial score (nSPS) is 20.5. The zero-order chi connectivity index (χ0) is 21.7. The third-order valence-corrected chi connectivity index (χ3v) is 7.77. The van der Waals surface area contributed by atoms with Crippen LogP contribution in [-0.2, 0) is 24.3 Å². The highest BCUT2D eigenvalue weighted by Crippen LogP contribution is 2.25. The maximum atomic E-state index is 13.1. The number of nitrogens with zero attached hydrogens (tertiary/aromatic N) is 1. The number of carbonyl (C=O) groups excluding carboxylic acids is 2. The lowest BCUT2D eigenvalue weighted by molar-refractivity contribution is -0.160. The maximum Gasteiger partial charge on any atom is 0.309 e. The van der Waals surface area contributed by atoms with Crippen LogP contribution in [0.4, 0.5) is 4.39 Å². The lowest BCUT2D eigenvalue weighted by atomic mass is 9.95. The second-order valence-corrected chi connectivity index (χ2v) is 9.99. The highest BCUT2D eigenvalue weighted by atomic mass is 32.2. The minimum absolute atomic E-state index is 0.0259. The van der Waals surface area contributed by atoms with E-state index < -0.39 is 33.8 Å². The molecule has 1 saturated heterocycles. The molecule has 1 aliphatic carbocycles. The number of sulfonamides is 1. The van der Waals surface area contributed by atoms with Crippen molar-refractivity contribution in [3.05, 3.63) is 30.1 Å². The van der Waals surface area contributed by atoms with Crippen LogP contribution in [0, 0.1) is 11.7 Å². The monoisotopic (exact) mass is 440 g/mol. The molecule has 1 amide bonds. The van der Waals surface area contributed by atoms with Gasteiger partial charge in [-0.25, -0.2) is 12.8 Å². The summed E-state index contributed by atoms with van der Waals surface area (Å²) in [5.74, 6) is -1.71. The fourth-order valence-corrected chi connectivity index (χ4v) is 5.45. The molecule has 0 bridgehead atoms. The molecule has 7 nitrogen and oxygen atoms in total. The Balaban J connectivity index is 1.48. The lowest BCUT2D eigenvalue weighted by Crippen LogP contribution is -2.44. The first-order chi connectivity index (χ1) is 14.3. The molecule has 2 aliphatic rings. The van der Waals surface area contributed by atoms with E-state index in [0.717, 1.165) is 37.8 Å². The Labute approximate surface area is 177 Å². The van der Waals surface area contributed by atoms with Gasteiger partial charge in [0.2, 0.25) is 10.0 Å². The third kappa shape index (κ3) is 5.57. The fraction of sp³-hybridized carbons (Fsp3) is 0.619. The Bertz CT molecular complexity index is 845. The molecule has 1 unspecified atom stereocenters. The Hall–Kier alpha value is -2.00. The number of benzene rings is 1. The van der Waals surface area contributed by atoms with Gasteiger partial charge in [-0.05, 0) is 56.9 Å². The van der Waals surface area contributed by atoms with Crippen LogP contribution >= 0.6 is 0 Å². The van der Waals surface area contributed by atoms with Gasteiger partial charge >= 0.3 is 5.97 Å².